The largest absolute Gasteiger partial charge is 0.494 e. The first-order valence-corrected chi connectivity index (χ1v) is 8.07. The molecular formula is C19H18N4O3. The van der Waals surface area contributed by atoms with E-state index in [-0.39, 0.29) is 5.56 Å². The number of rotatable bonds is 7. The lowest BCUT2D eigenvalue weighted by Crippen LogP contribution is -2.01. The molecule has 0 amide bonds. The van der Waals surface area contributed by atoms with E-state index in [1.54, 1.807) is 24.4 Å². The van der Waals surface area contributed by atoms with E-state index in [9.17, 15) is 4.79 Å². The summed E-state index contributed by atoms with van der Waals surface area (Å²) in [7, 11) is 0. The standard InChI is InChI=1S/C19H18N4O3/c1-2-26-16-9-7-15(8-10-16)22-19-20-12-11-17(23-19)21-14-5-3-13(4-6-14)18(24)25/h3-12H,2H2,1H3,(H,24,25)(H2,20,21,22,23). The van der Waals surface area contributed by atoms with Crippen molar-refractivity contribution in [1.82, 2.24) is 9.97 Å². The number of aromatic nitrogens is 2. The predicted molar refractivity (Wildman–Crippen MR) is 99.6 cm³/mol. The van der Waals surface area contributed by atoms with E-state index in [1.807, 2.05) is 31.2 Å². The van der Waals surface area contributed by atoms with Crippen LogP contribution in [-0.2, 0) is 0 Å². The van der Waals surface area contributed by atoms with Crippen molar-refractivity contribution < 1.29 is 14.6 Å². The fourth-order valence-corrected chi connectivity index (χ4v) is 2.26. The number of nitrogens with zero attached hydrogens (tertiary/aromatic N) is 2. The van der Waals surface area contributed by atoms with Crippen LogP contribution in [0.5, 0.6) is 5.75 Å². The van der Waals surface area contributed by atoms with Crippen LogP contribution in [-0.4, -0.2) is 27.7 Å². The van der Waals surface area contributed by atoms with Gasteiger partial charge in [-0.2, -0.15) is 4.98 Å². The lowest BCUT2D eigenvalue weighted by molar-refractivity contribution is 0.0697. The summed E-state index contributed by atoms with van der Waals surface area (Å²) >= 11 is 0. The number of hydrogen-bond acceptors (Lipinski definition) is 6. The summed E-state index contributed by atoms with van der Waals surface area (Å²) < 4.78 is 5.41. The summed E-state index contributed by atoms with van der Waals surface area (Å²) in [6.07, 6.45) is 1.64. The van der Waals surface area contributed by atoms with E-state index in [0.29, 0.717) is 18.4 Å². The fraction of sp³-hybridized carbons (Fsp3) is 0.105. The summed E-state index contributed by atoms with van der Waals surface area (Å²) in [5, 5.41) is 15.2. The maximum atomic E-state index is 10.9. The molecule has 0 unspecified atom stereocenters. The van der Waals surface area contributed by atoms with Crippen molar-refractivity contribution in [3.8, 4) is 5.75 Å². The lowest BCUT2D eigenvalue weighted by atomic mass is 10.2. The van der Waals surface area contributed by atoms with E-state index >= 15 is 0 Å². The molecule has 0 bridgehead atoms. The smallest absolute Gasteiger partial charge is 0.335 e. The lowest BCUT2D eigenvalue weighted by Gasteiger charge is -2.09. The van der Waals surface area contributed by atoms with E-state index in [2.05, 4.69) is 20.6 Å². The SMILES string of the molecule is CCOc1ccc(Nc2nccc(Nc3ccc(C(=O)O)cc3)n2)cc1. The fourth-order valence-electron chi connectivity index (χ4n) is 2.26. The van der Waals surface area contributed by atoms with Gasteiger partial charge in [0.15, 0.2) is 0 Å². The molecule has 0 aliphatic heterocycles. The average Bonchev–Trinajstić information content (AvgIpc) is 2.64. The minimum atomic E-state index is -0.958. The number of aromatic carboxylic acids is 1. The first kappa shape index (κ1) is 17.2. The number of carbonyl (C=O) groups is 1. The van der Waals surface area contributed by atoms with Crippen LogP contribution in [0.1, 0.15) is 17.3 Å². The highest BCUT2D eigenvalue weighted by Crippen LogP contribution is 2.20. The number of carboxylic acid groups (broad SMARTS) is 1. The molecule has 26 heavy (non-hydrogen) atoms. The van der Waals surface area contributed by atoms with Gasteiger partial charge in [-0.3, -0.25) is 0 Å². The van der Waals surface area contributed by atoms with E-state index in [1.165, 1.54) is 12.1 Å². The van der Waals surface area contributed by atoms with Gasteiger partial charge in [-0.25, -0.2) is 9.78 Å². The summed E-state index contributed by atoms with van der Waals surface area (Å²) in [6.45, 7) is 2.56. The molecule has 0 aliphatic rings. The van der Waals surface area contributed by atoms with Crippen molar-refractivity contribution in [2.24, 2.45) is 0 Å². The van der Waals surface area contributed by atoms with Crippen LogP contribution in [0.2, 0.25) is 0 Å². The van der Waals surface area contributed by atoms with Gasteiger partial charge < -0.3 is 20.5 Å². The third kappa shape index (κ3) is 4.47. The number of carboxylic acids is 1. The third-order valence-electron chi connectivity index (χ3n) is 3.48. The summed E-state index contributed by atoms with van der Waals surface area (Å²) in [6, 6.07) is 15.7. The summed E-state index contributed by atoms with van der Waals surface area (Å²) in [5.41, 5.74) is 1.81. The van der Waals surface area contributed by atoms with Gasteiger partial charge in [-0.15, -0.1) is 0 Å². The van der Waals surface area contributed by atoms with Crippen molar-refractivity contribution in [3.05, 3.63) is 66.4 Å². The van der Waals surface area contributed by atoms with Crippen LogP contribution < -0.4 is 15.4 Å². The van der Waals surface area contributed by atoms with Crippen LogP contribution >= 0.6 is 0 Å². The predicted octanol–water partition coefficient (Wildman–Crippen LogP) is 4.06. The van der Waals surface area contributed by atoms with Gasteiger partial charge in [-0.1, -0.05) is 0 Å². The maximum Gasteiger partial charge on any atom is 0.335 e. The highest BCUT2D eigenvalue weighted by atomic mass is 16.5. The Morgan fingerprint density at radius 1 is 1.00 bits per heavy atom. The number of ether oxygens (including phenoxy) is 1. The zero-order valence-corrected chi connectivity index (χ0v) is 14.1. The van der Waals surface area contributed by atoms with Gasteiger partial charge in [0.05, 0.1) is 12.2 Å². The highest BCUT2D eigenvalue weighted by molar-refractivity contribution is 5.88. The maximum absolute atomic E-state index is 10.9. The molecule has 0 spiro atoms. The zero-order chi connectivity index (χ0) is 18.4. The molecular weight excluding hydrogens is 332 g/mol. The summed E-state index contributed by atoms with van der Waals surface area (Å²) in [5.74, 6) is 0.887. The molecule has 0 radical (unpaired) electrons. The Bertz CT molecular complexity index is 880. The van der Waals surface area contributed by atoms with Gasteiger partial charge in [0.25, 0.3) is 0 Å². The van der Waals surface area contributed by atoms with Crippen LogP contribution in [0.25, 0.3) is 0 Å². The van der Waals surface area contributed by atoms with E-state index in [4.69, 9.17) is 9.84 Å². The number of anilines is 4. The molecule has 132 valence electrons. The first-order chi connectivity index (χ1) is 12.6. The monoisotopic (exact) mass is 350 g/mol. The number of benzene rings is 2. The number of nitrogens with one attached hydrogen (secondary N) is 2. The van der Waals surface area contributed by atoms with Gasteiger partial charge in [0.2, 0.25) is 5.95 Å². The molecule has 2 aromatic carbocycles. The Balaban J connectivity index is 1.68. The second-order valence-electron chi connectivity index (χ2n) is 5.36. The quantitative estimate of drug-likeness (QED) is 0.591. The van der Waals surface area contributed by atoms with Crippen molar-refractivity contribution in [2.45, 2.75) is 6.92 Å². The Morgan fingerprint density at radius 3 is 2.31 bits per heavy atom. The minimum Gasteiger partial charge on any atom is -0.494 e. The van der Waals surface area contributed by atoms with E-state index in [0.717, 1.165) is 17.1 Å². The Hall–Kier alpha value is -3.61. The highest BCUT2D eigenvalue weighted by Gasteiger charge is 2.04. The van der Waals surface area contributed by atoms with Crippen LogP contribution in [0.15, 0.2) is 60.8 Å². The second kappa shape index (κ2) is 7.98. The Kier molecular flexibility index (Phi) is 5.28. The zero-order valence-electron chi connectivity index (χ0n) is 14.1. The third-order valence-corrected chi connectivity index (χ3v) is 3.48. The molecule has 7 heteroatoms. The molecule has 1 aromatic heterocycles. The molecule has 3 rings (SSSR count). The Morgan fingerprint density at radius 2 is 1.65 bits per heavy atom. The van der Waals surface area contributed by atoms with Crippen molar-refractivity contribution >= 4 is 29.1 Å². The molecule has 0 aliphatic carbocycles. The van der Waals surface area contributed by atoms with Crippen molar-refractivity contribution in [3.63, 3.8) is 0 Å². The molecule has 3 N–H and O–H groups in total. The van der Waals surface area contributed by atoms with Gasteiger partial charge in [0.1, 0.15) is 11.6 Å². The van der Waals surface area contributed by atoms with Gasteiger partial charge in [-0.05, 0) is 61.5 Å². The van der Waals surface area contributed by atoms with Crippen LogP contribution in [0, 0.1) is 0 Å². The normalized spacial score (nSPS) is 10.2. The van der Waals surface area contributed by atoms with E-state index < -0.39 is 5.97 Å². The molecule has 0 saturated carbocycles. The topological polar surface area (TPSA) is 96.4 Å². The molecule has 0 saturated heterocycles. The second-order valence-corrected chi connectivity index (χ2v) is 5.36. The van der Waals surface area contributed by atoms with Gasteiger partial charge >= 0.3 is 5.97 Å². The molecule has 0 atom stereocenters. The summed E-state index contributed by atoms with van der Waals surface area (Å²) in [4.78, 5) is 19.5. The van der Waals surface area contributed by atoms with Crippen molar-refractivity contribution in [2.75, 3.05) is 17.2 Å². The molecule has 3 aromatic rings. The number of hydrogen-bond donors (Lipinski definition) is 3. The minimum absolute atomic E-state index is 0.232. The first-order valence-electron chi connectivity index (χ1n) is 8.07. The van der Waals surface area contributed by atoms with Crippen molar-refractivity contribution in [1.29, 1.82) is 0 Å². The average molecular weight is 350 g/mol. The van der Waals surface area contributed by atoms with Gasteiger partial charge in [0, 0.05) is 17.6 Å². The molecule has 7 nitrogen and oxygen atoms in total. The van der Waals surface area contributed by atoms with Crippen LogP contribution in [0.4, 0.5) is 23.1 Å². The molecule has 0 fully saturated rings. The molecule has 1 heterocycles. The van der Waals surface area contributed by atoms with Crippen LogP contribution in [0.3, 0.4) is 0 Å². The Labute approximate surface area is 150 Å².